The molecule has 126 valence electrons. The Hall–Kier alpha value is -1.55. The summed E-state index contributed by atoms with van der Waals surface area (Å²) in [4.78, 5) is 14.8. The van der Waals surface area contributed by atoms with Crippen LogP contribution in [0.2, 0.25) is 0 Å². The first-order chi connectivity index (χ1) is 11.0. The van der Waals surface area contributed by atoms with Crippen molar-refractivity contribution in [2.24, 2.45) is 11.3 Å². The van der Waals surface area contributed by atoms with Crippen molar-refractivity contribution in [3.8, 4) is 5.75 Å². The minimum Gasteiger partial charge on any atom is -0.497 e. The van der Waals surface area contributed by atoms with Crippen LogP contribution in [0.1, 0.15) is 39.5 Å². The third kappa shape index (κ3) is 4.25. The van der Waals surface area contributed by atoms with Gasteiger partial charge in [0.05, 0.1) is 26.2 Å². The molecule has 2 aliphatic rings. The molecule has 3 rings (SSSR count). The fourth-order valence-electron chi connectivity index (χ4n) is 3.19. The summed E-state index contributed by atoms with van der Waals surface area (Å²) in [6, 6.07) is 7.77. The van der Waals surface area contributed by atoms with E-state index in [1.807, 2.05) is 29.2 Å². The van der Waals surface area contributed by atoms with Gasteiger partial charge in [-0.25, -0.2) is 0 Å². The average molecular weight is 317 g/mol. The largest absolute Gasteiger partial charge is 0.497 e. The van der Waals surface area contributed by atoms with Crippen molar-refractivity contribution in [3.63, 3.8) is 0 Å². The molecule has 1 aliphatic carbocycles. The molecule has 0 radical (unpaired) electrons. The van der Waals surface area contributed by atoms with Crippen LogP contribution in [0.5, 0.6) is 5.75 Å². The van der Waals surface area contributed by atoms with E-state index < -0.39 is 0 Å². The predicted octanol–water partition coefficient (Wildman–Crippen LogP) is 3.64. The van der Waals surface area contributed by atoms with Crippen LogP contribution in [0, 0.1) is 11.3 Å². The van der Waals surface area contributed by atoms with Crippen LogP contribution in [0.4, 0.5) is 5.69 Å². The molecule has 2 fully saturated rings. The first-order valence-electron chi connectivity index (χ1n) is 8.53. The summed E-state index contributed by atoms with van der Waals surface area (Å²) in [7, 11) is 1.65. The zero-order chi connectivity index (χ0) is 16.4. The van der Waals surface area contributed by atoms with Gasteiger partial charge in [-0.3, -0.25) is 4.79 Å². The molecule has 0 aromatic heterocycles. The molecule has 1 atom stereocenters. The Labute approximate surface area is 138 Å². The van der Waals surface area contributed by atoms with E-state index in [2.05, 4.69) is 13.8 Å². The number of anilines is 1. The third-order valence-electron chi connectivity index (χ3n) is 4.72. The standard InChI is InChI=1S/C19H27NO3/c1-19(2)11-17(23-13-19)10-18(21)20(12-14-4-5-14)15-6-8-16(22-3)9-7-15/h6-9,14,17H,4-5,10-13H2,1-3H3. The summed E-state index contributed by atoms with van der Waals surface area (Å²) >= 11 is 0. The quantitative estimate of drug-likeness (QED) is 0.804. The number of rotatable bonds is 6. The first-order valence-corrected chi connectivity index (χ1v) is 8.53. The van der Waals surface area contributed by atoms with E-state index in [0.29, 0.717) is 12.3 Å². The van der Waals surface area contributed by atoms with Gasteiger partial charge in [-0.2, -0.15) is 0 Å². The van der Waals surface area contributed by atoms with Gasteiger partial charge in [0.25, 0.3) is 0 Å². The van der Waals surface area contributed by atoms with Gasteiger partial charge in [0.15, 0.2) is 0 Å². The van der Waals surface area contributed by atoms with Gasteiger partial charge in [0.1, 0.15) is 5.75 Å². The number of benzene rings is 1. The van der Waals surface area contributed by atoms with Crippen LogP contribution in [0.3, 0.4) is 0 Å². The molecule has 23 heavy (non-hydrogen) atoms. The molecule has 1 amide bonds. The van der Waals surface area contributed by atoms with E-state index >= 15 is 0 Å². The molecule has 1 saturated heterocycles. The zero-order valence-corrected chi connectivity index (χ0v) is 14.4. The van der Waals surface area contributed by atoms with Crippen molar-refractivity contribution in [3.05, 3.63) is 24.3 Å². The number of amides is 1. The Kier molecular flexibility index (Phi) is 4.62. The van der Waals surface area contributed by atoms with E-state index in [4.69, 9.17) is 9.47 Å². The molecule has 1 heterocycles. The highest BCUT2D eigenvalue weighted by Crippen LogP contribution is 2.35. The van der Waals surface area contributed by atoms with E-state index in [1.54, 1.807) is 7.11 Å². The second-order valence-electron chi connectivity index (χ2n) is 7.65. The molecule has 1 aromatic carbocycles. The number of carbonyl (C=O) groups excluding carboxylic acids is 1. The number of nitrogens with zero attached hydrogens (tertiary/aromatic N) is 1. The summed E-state index contributed by atoms with van der Waals surface area (Å²) in [6.07, 6.45) is 3.94. The van der Waals surface area contributed by atoms with Crippen molar-refractivity contribution < 1.29 is 14.3 Å². The average Bonchev–Trinajstić information content (AvgIpc) is 3.28. The van der Waals surface area contributed by atoms with Crippen molar-refractivity contribution in [2.45, 2.75) is 45.6 Å². The molecule has 1 aromatic rings. The van der Waals surface area contributed by atoms with Crippen LogP contribution in [-0.4, -0.2) is 32.3 Å². The van der Waals surface area contributed by atoms with Crippen LogP contribution >= 0.6 is 0 Å². The summed E-state index contributed by atoms with van der Waals surface area (Å²) in [5.74, 6) is 1.64. The Bertz CT molecular complexity index is 548. The molecule has 1 saturated carbocycles. The number of carbonyl (C=O) groups is 1. The lowest BCUT2D eigenvalue weighted by Gasteiger charge is -2.24. The normalized spacial score (nSPS) is 22.8. The highest BCUT2D eigenvalue weighted by Gasteiger charge is 2.35. The fourth-order valence-corrected chi connectivity index (χ4v) is 3.19. The number of ether oxygens (including phenoxy) is 2. The minimum absolute atomic E-state index is 0.0532. The van der Waals surface area contributed by atoms with Crippen molar-refractivity contribution in [1.82, 2.24) is 0 Å². The van der Waals surface area contributed by atoms with Crippen LogP contribution in [-0.2, 0) is 9.53 Å². The molecule has 1 unspecified atom stereocenters. The lowest BCUT2D eigenvalue weighted by molar-refractivity contribution is -0.120. The maximum absolute atomic E-state index is 12.8. The predicted molar refractivity (Wildman–Crippen MR) is 90.8 cm³/mol. The number of methoxy groups -OCH3 is 1. The van der Waals surface area contributed by atoms with Crippen LogP contribution in [0.25, 0.3) is 0 Å². The summed E-state index contributed by atoms with van der Waals surface area (Å²) in [5, 5.41) is 0. The second kappa shape index (κ2) is 6.52. The van der Waals surface area contributed by atoms with Gasteiger partial charge in [-0.15, -0.1) is 0 Å². The smallest absolute Gasteiger partial charge is 0.229 e. The van der Waals surface area contributed by atoms with E-state index in [0.717, 1.165) is 31.0 Å². The summed E-state index contributed by atoms with van der Waals surface area (Å²) in [6.45, 7) is 5.96. The van der Waals surface area contributed by atoms with Crippen LogP contribution < -0.4 is 9.64 Å². The lowest BCUT2D eigenvalue weighted by Crippen LogP contribution is -2.35. The second-order valence-corrected chi connectivity index (χ2v) is 7.65. The van der Waals surface area contributed by atoms with Gasteiger partial charge < -0.3 is 14.4 Å². The Morgan fingerprint density at radius 2 is 2.00 bits per heavy atom. The molecular formula is C19H27NO3. The SMILES string of the molecule is COc1ccc(N(CC2CC2)C(=O)CC2CC(C)(C)CO2)cc1. The highest BCUT2D eigenvalue weighted by atomic mass is 16.5. The van der Waals surface area contributed by atoms with Gasteiger partial charge in [-0.1, -0.05) is 13.8 Å². The monoisotopic (exact) mass is 317 g/mol. The number of hydrogen-bond acceptors (Lipinski definition) is 3. The summed E-state index contributed by atoms with van der Waals surface area (Å²) < 4.78 is 11.0. The molecular weight excluding hydrogens is 290 g/mol. The van der Waals surface area contributed by atoms with Gasteiger partial charge in [0, 0.05) is 12.2 Å². The first kappa shape index (κ1) is 16.3. The molecule has 0 bridgehead atoms. The van der Waals surface area contributed by atoms with Crippen molar-refractivity contribution >= 4 is 11.6 Å². The van der Waals surface area contributed by atoms with Gasteiger partial charge >= 0.3 is 0 Å². The fraction of sp³-hybridized carbons (Fsp3) is 0.632. The third-order valence-corrected chi connectivity index (χ3v) is 4.72. The van der Waals surface area contributed by atoms with Crippen molar-refractivity contribution in [1.29, 1.82) is 0 Å². The van der Waals surface area contributed by atoms with E-state index in [9.17, 15) is 4.79 Å². The van der Waals surface area contributed by atoms with Gasteiger partial charge in [0.2, 0.25) is 5.91 Å². The Morgan fingerprint density at radius 3 is 2.52 bits per heavy atom. The highest BCUT2D eigenvalue weighted by molar-refractivity contribution is 5.93. The van der Waals surface area contributed by atoms with Crippen molar-refractivity contribution in [2.75, 3.05) is 25.2 Å². The van der Waals surface area contributed by atoms with E-state index in [-0.39, 0.29) is 17.4 Å². The maximum atomic E-state index is 12.8. The molecule has 0 spiro atoms. The van der Waals surface area contributed by atoms with Crippen LogP contribution in [0.15, 0.2) is 24.3 Å². The lowest BCUT2D eigenvalue weighted by atomic mass is 9.90. The zero-order valence-electron chi connectivity index (χ0n) is 14.4. The topological polar surface area (TPSA) is 38.8 Å². The molecule has 4 nitrogen and oxygen atoms in total. The number of hydrogen-bond donors (Lipinski definition) is 0. The Morgan fingerprint density at radius 1 is 1.30 bits per heavy atom. The molecule has 4 heteroatoms. The minimum atomic E-state index is 0.0532. The Balaban J connectivity index is 1.68. The van der Waals surface area contributed by atoms with Gasteiger partial charge in [-0.05, 0) is 54.9 Å². The summed E-state index contributed by atoms with van der Waals surface area (Å²) in [5.41, 5.74) is 1.15. The molecule has 1 aliphatic heterocycles. The van der Waals surface area contributed by atoms with E-state index in [1.165, 1.54) is 12.8 Å². The maximum Gasteiger partial charge on any atom is 0.229 e. The molecule has 0 N–H and O–H groups in total.